The van der Waals surface area contributed by atoms with Crippen molar-refractivity contribution in [3.8, 4) is 0 Å². The van der Waals surface area contributed by atoms with Crippen LogP contribution in [0.15, 0.2) is 77.3 Å². The average molecular weight is 627 g/mol. The molecule has 0 aromatic heterocycles. The first kappa shape index (κ1) is 29.0. The Hall–Kier alpha value is -2.59. The molecular weight excluding hydrogens is 601 g/mol. The topological polar surface area (TPSA) is 86.8 Å². The third kappa shape index (κ3) is 7.95. The molecule has 3 aromatic carbocycles. The Morgan fingerprint density at radius 3 is 2.22 bits per heavy atom. The number of hydrogen-bond donors (Lipinski definition) is 1. The smallest absolute Gasteiger partial charge is 0.244 e. The maximum Gasteiger partial charge on any atom is 0.244 e. The summed E-state index contributed by atoms with van der Waals surface area (Å²) in [5.41, 5.74) is 1.81. The van der Waals surface area contributed by atoms with Crippen molar-refractivity contribution in [2.24, 2.45) is 0 Å². The van der Waals surface area contributed by atoms with Gasteiger partial charge in [0.15, 0.2) is 0 Å². The predicted octanol–water partition coefficient (Wildman–Crippen LogP) is 4.91. The molecule has 0 spiro atoms. The van der Waals surface area contributed by atoms with E-state index in [0.29, 0.717) is 0 Å². The Morgan fingerprint density at radius 1 is 0.946 bits per heavy atom. The number of rotatable bonds is 10. The molecule has 1 atom stereocenters. The second-order valence-electron chi connectivity index (χ2n) is 8.34. The van der Waals surface area contributed by atoms with E-state index in [0.717, 1.165) is 26.2 Å². The molecular formula is C26H26BrCl2N3O4S. The number of amides is 2. The largest absolute Gasteiger partial charge is 0.357 e. The van der Waals surface area contributed by atoms with Gasteiger partial charge in [0.05, 0.1) is 22.0 Å². The Morgan fingerprint density at radius 2 is 1.62 bits per heavy atom. The van der Waals surface area contributed by atoms with E-state index in [1.54, 1.807) is 0 Å². The summed E-state index contributed by atoms with van der Waals surface area (Å²) in [6, 6.07) is 20.1. The van der Waals surface area contributed by atoms with Crippen LogP contribution in [0.1, 0.15) is 11.1 Å². The molecule has 37 heavy (non-hydrogen) atoms. The molecule has 0 bridgehead atoms. The zero-order valence-corrected chi connectivity index (χ0v) is 24.1. The van der Waals surface area contributed by atoms with Crippen LogP contribution in [0.25, 0.3) is 0 Å². The summed E-state index contributed by atoms with van der Waals surface area (Å²) in [6.07, 6.45) is 1.24. The molecule has 0 aliphatic rings. The van der Waals surface area contributed by atoms with E-state index >= 15 is 0 Å². The van der Waals surface area contributed by atoms with Gasteiger partial charge in [-0.1, -0.05) is 81.6 Å². The molecule has 3 rings (SSSR count). The van der Waals surface area contributed by atoms with Gasteiger partial charge in [0.1, 0.15) is 12.6 Å². The average Bonchev–Trinajstić information content (AvgIpc) is 2.86. The molecule has 0 fully saturated rings. The van der Waals surface area contributed by atoms with Crippen LogP contribution >= 0.6 is 39.1 Å². The maximum absolute atomic E-state index is 13.8. The molecule has 0 aliphatic heterocycles. The van der Waals surface area contributed by atoms with Gasteiger partial charge in [-0.05, 0) is 41.5 Å². The number of carbonyl (C=O) groups excluding carboxylic acids is 2. The van der Waals surface area contributed by atoms with E-state index in [1.807, 2.05) is 54.6 Å². The van der Waals surface area contributed by atoms with Gasteiger partial charge in [0.2, 0.25) is 21.8 Å². The van der Waals surface area contributed by atoms with E-state index in [-0.39, 0.29) is 34.6 Å². The molecule has 0 saturated heterocycles. The first-order valence-corrected chi connectivity index (χ1v) is 14.6. The molecule has 3 aromatic rings. The number of sulfonamides is 1. The van der Waals surface area contributed by atoms with Crippen LogP contribution in [-0.2, 0) is 32.6 Å². The first-order valence-electron chi connectivity index (χ1n) is 11.2. The van der Waals surface area contributed by atoms with Crippen LogP contribution in [0.4, 0.5) is 5.69 Å². The summed E-state index contributed by atoms with van der Waals surface area (Å²) in [5, 5.41) is 3.05. The summed E-state index contributed by atoms with van der Waals surface area (Å²) < 4.78 is 27.2. The molecule has 0 aliphatic carbocycles. The molecule has 1 N–H and O–H groups in total. The second kappa shape index (κ2) is 12.8. The highest BCUT2D eigenvalue weighted by Crippen LogP contribution is 2.29. The Kier molecular flexibility index (Phi) is 10.0. The number of hydrogen-bond acceptors (Lipinski definition) is 4. The lowest BCUT2D eigenvalue weighted by Crippen LogP contribution is -2.52. The Labute approximate surface area is 235 Å². The first-order chi connectivity index (χ1) is 17.5. The lowest BCUT2D eigenvalue weighted by atomic mass is 10.0. The van der Waals surface area contributed by atoms with Crippen molar-refractivity contribution < 1.29 is 18.0 Å². The standard InChI is InChI=1S/C26H26BrCl2N3O4S/c1-30-26(34)24(14-18-7-4-3-5-8-18)31(16-19-9-6-10-20(27)13-19)25(33)17-32(37(2,35)36)21-11-12-22(28)23(29)15-21/h3-13,15,24H,14,16-17H2,1-2H3,(H,30,34). The van der Waals surface area contributed by atoms with Gasteiger partial charge in [-0.15, -0.1) is 0 Å². The number of halogens is 3. The summed E-state index contributed by atoms with van der Waals surface area (Å²) in [5.74, 6) is -0.923. The van der Waals surface area contributed by atoms with E-state index in [9.17, 15) is 18.0 Å². The van der Waals surface area contributed by atoms with Crippen LogP contribution in [-0.4, -0.2) is 51.0 Å². The summed E-state index contributed by atoms with van der Waals surface area (Å²) in [7, 11) is -2.39. The van der Waals surface area contributed by atoms with E-state index in [1.165, 1.54) is 30.1 Å². The molecule has 2 amide bonds. The fourth-order valence-electron chi connectivity index (χ4n) is 3.81. The van der Waals surface area contributed by atoms with Crippen LogP contribution in [0.2, 0.25) is 10.0 Å². The van der Waals surface area contributed by atoms with Gasteiger partial charge >= 0.3 is 0 Å². The zero-order valence-electron chi connectivity index (χ0n) is 20.2. The van der Waals surface area contributed by atoms with Crippen LogP contribution in [0, 0.1) is 0 Å². The molecule has 1 unspecified atom stereocenters. The van der Waals surface area contributed by atoms with Crippen LogP contribution in [0.3, 0.4) is 0 Å². The van der Waals surface area contributed by atoms with Crippen molar-refractivity contribution in [1.82, 2.24) is 10.2 Å². The lowest BCUT2D eigenvalue weighted by molar-refractivity contribution is -0.139. The number of likely N-dealkylation sites (N-methyl/N-ethyl adjacent to an activating group) is 1. The predicted molar refractivity (Wildman–Crippen MR) is 151 cm³/mol. The number of anilines is 1. The van der Waals surface area contributed by atoms with Crippen molar-refractivity contribution in [3.05, 3.63) is 98.4 Å². The van der Waals surface area contributed by atoms with Crippen LogP contribution in [0.5, 0.6) is 0 Å². The van der Waals surface area contributed by atoms with Gasteiger partial charge in [-0.3, -0.25) is 13.9 Å². The van der Waals surface area contributed by atoms with Gasteiger partial charge in [-0.2, -0.15) is 0 Å². The quantitative estimate of drug-likeness (QED) is 0.347. The monoisotopic (exact) mass is 625 g/mol. The molecule has 0 saturated carbocycles. The van der Waals surface area contributed by atoms with Gasteiger partial charge in [-0.25, -0.2) is 8.42 Å². The molecule has 0 radical (unpaired) electrons. The van der Waals surface area contributed by atoms with Crippen molar-refractivity contribution >= 4 is 66.7 Å². The van der Waals surface area contributed by atoms with Crippen LogP contribution < -0.4 is 9.62 Å². The third-order valence-electron chi connectivity index (χ3n) is 5.63. The highest BCUT2D eigenvalue weighted by atomic mass is 79.9. The van der Waals surface area contributed by atoms with Crippen molar-refractivity contribution in [1.29, 1.82) is 0 Å². The number of carbonyl (C=O) groups is 2. The minimum atomic E-state index is -3.89. The summed E-state index contributed by atoms with van der Waals surface area (Å²) in [4.78, 5) is 28.3. The molecule has 0 heterocycles. The molecule has 7 nitrogen and oxygen atoms in total. The van der Waals surface area contributed by atoms with Gasteiger partial charge in [0.25, 0.3) is 0 Å². The molecule has 196 valence electrons. The number of benzene rings is 3. The van der Waals surface area contributed by atoms with Gasteiger partial charge in [0, 0.05) is 24.5 Å². The highest BCUT2D eigenvalue weighted by Gasteiger charge is 2.32. The minimum Gasteiger partial charge on any atom is -0.357 e. The lowest BCUT2D eigenvalue weighted by Gasteiger charge is -2.33. The number of nitrogens with one attached hydrogen (secondary N) is 1. The van der Waals surface area contributed by atoms with E-state index in [4.69, 9.17) is 23.2 Å². The number of nitrogens with zero attached hydrogens (tertiary/aromatic N) is 2. The Bertz CT molecular complexity index is 1370. The second-order valence-corrected chi connectivity index (χ2v) is 12.0. The van der Waals surface area contributed by atoms with E-state index < -0.39 is 28.5 Å². The SMILES string of the molecule is CNC(=O)C(Cc1ccccc1)N(Cc1cccc(Br)c1)C(=O)CN(c1ccc(Cl)c(Cl)c1)S(C)(=O)=O. The molecule has 11 heteroatoms. The maximum atomic E-state index is 13.8. The fourth-order valence-corrected chi connectivity index (χ4v) is 5.39. The third-order valence-corrected chi connectivity index (χ3v) is 8.00. The summed E-state index contributed by atoms with van der Waals surface area (Å²) in [6.45, 7) is -0.449. The normalized spacial score (nSPS) is 12.0. The van der Waals surface area contributed by atoms with E-state index in [2.05, 4.69) is 21.2 Å². The van der Waals surface area contributed by atoms with Crippen molar-refractivity contribution in [3.63, 3.8) is 0 Å². The van der Waals surface area contributed by atoms with Gasteiger partial charge < -0.3 is 10.2 Å². The zero-order chi connectivity index (χ0) is 27.2. The highest BCUT2D eigenvalue weighted by molar-refractivity contribution is 9.10. The fraction of sp³-hybridized carbons (Fsp3) is 0.231. The summed E-state index contributed by atoms with van der Waals surface area (Å²) >= 11 is 15.6. The van der Waals surface area contributed by atoms with Crippen molar-refractivity contribution in [2.45, 2.75) is 19.0 Å². The van der Waals surface area contributed by atoms with Crippen molar-refractivity contribution in [2.75, 3.05) is 24.2 Å². The minimum absolute atomic E-state index is 0.0855. The Balaban J connectivity index is 2.04.